The maximum Gasteiger partial charge on any atom is 0.276 e. The summed E-state index contributed by atoms with van der Waals surface area (Å²) in [6.07, 6.45) is 3.37. The van der Waals surface area contributed by atoms with Gasteiger partial charge in [-0.25, -0.2) is 9.98 Å². The highest BCUT2D eigenvalue weighted by molar-refractivity contribution is 6.13. The van der Waals surface area contributed by atoms with Crippen molar-refractivity contribution in [1.29, 1.82) is 0 Å². The summed E-state index contributed by atoms with van der Waals surface area (Å²) in [4.78, 5) is 23.9. The van der Waals surface area contributed by atoms with Crippen LogP contribution in [0.1, 0.15) is 17.2 Å². The summed E-state index contributed by atoms with van der Waals surface area (Å²) in [6.45, 7) is 0.383. The van der Waals surface area contributed by atoms with Crippen molar-refractivity contribution in [2.24, 2.45) is 10.7 Å². The molecule has 1 atom stereocenters. The molecule has 2 heterocycles. The Morgan fingerprint density at radius 2 is 1.93 bits per heavy atom. The molecule has 7 nitrogen and oxygen atoms in total. The van der Waals surface area contributed by atoms with E-state index in [1.165, 1.54) is 0 Å². The Kier molecular flexibility index (Phi) is 7.17. The van der Waals surface area contributed by atoms with Crippen LogP contribution in [-0.2, 0) is 4.79 Å². The number of fused-ring (bicyclic) bond motifs is 1. The number of amides is 1. The number of aliphatic imine (C=N–C) groups is 1. The zero-order valence-corrected chi connectivity index (χ0v) is 16.4. The molecule has 5 N–H and O–H groups in total. The number of hydrogen-bond donors (Lipinski definition) is 4. The molecule has 1 aliphatic heterocycles. The molecule has 0 spiro atoms. The van der Waals surface area contributed by atoms with Crippen LogP contribution in [0.25, 0.3) is 17.1 Å². The Hall–Kier alpha value is -2.87. The van der Waals surface area contributed by atoms with Gasteiger partial charge in [-0.3, -0.25) is 10.1 Å². The fourth-order valence-electron chi connectivity index (χ4n) is 2.86. The van der Waals surface area contributed by atoms with Gasteiger partial charge in [0.25, 0.3) is 5.91 Å². The number of H-pyrrole nitrogens is 1. The molecule has 0 aliphatic carbocycles. The van der Waals surface area contributed by atoms with Crippen molar-refractivity contribution in [3.63, 3.8) is 0 Å². The van der Waals surface area contributed by atoms with E-state index < -0.39 is 0 Å². The van der Waals surface area contributed by atoms with Gasteiger partial charge in [-0.1, -0.05) is 36.4 Å². The van der Waals surface area contributed by atoms with E-state index in [-0.39, 0.29) is 36.8 Å². The zero-order chi connectivity index (χ0) is 17.9. The molecule has 0 unspecified atom stereocenters. The topological polar surface area (TPSA) is 108 Å². The molecule has 146 valence electrons. The summed E-state index contributed by atoms with van der Waals surface area (Å²) in [6, 6.07) is 15.4. The fraction of sp³-hybridized carbons (Fsp3) is 0.105. The number of halogens is 2. The molecule has 0 bridgehead atoms. The molecule has 1 aromatic heterocycles. The predicted molar refractivity (Wildman–Crippen MR) is 116 cm³/mol. The van der Waals surface area contributed by atoms with Gasteiger partial charge in [0, 0.05) is 6.54 Å². The van der Waals surface area contributed by atoms with Gasteiger partial charge < -0.3 is 16.0 Å². The lowest BCUT2D eigenvalue weighted by Crippen LogP contribution is -2.40. The smallest absolute Gasteiger partial charge is 0.276 e. The van der Waals surface area contributed by atoms with E-state index in [4.69, 9.17) is 5.73 Å². The summed E-state index contributed by atoms with van der Waals surface area (Å²) in [5.41, 5.74) is 9.88. The lowest BCUT2D eigenvalue weighted by molar-refractivity contribution is -0.115. The molecule has 1 aliphatic rings. The highest BCUT2D eigenvalue weighted by Gasteiger charge is 2.22. The number of aromatic amines is 1. The number of rotatable bonds is 4. The molecule has 0 saturated heterocycles. The molecule has 28 heavy (non-hydrogen) atoms. The van der Waals surface area contributed by atoms with Crippen molar-refractivity contribution in [3.8, 4) is 0 Å². The summed E-state index contributed by atoms with van der Waals surface area (Å²) < 4.78 is 0. The summed E-state index contributed by atoms with van der Waals surface area (Å²) in [7, 11) is 0. The standard InChI is InChI=1S/C19H18N6O.2ClH/c20-10-17(13-4-2-1-3-5-13)24-19-23-16(18(26)25-19)9-12-6-7-14-15(8-12)22-11-21-14;;/h1-9,11,17H,10,20H2,(H,21,22)(H2,23,24,25,26);2*1H/b16-9-;;/t17-;;/m1../s1. The second-order valence-electron chi connectivity index (χ2n) is 5.97. The molecule has 3 aromatic rings. The third-order valence-electron chi connectivity index (χ3n) is 4.19. The Labute approximate surface area is 174 Å². The van der Waals surface area contributed by atoms with Crippen LogP contribution in [0.15, 0.2) is 65.5 Å². The summed E-state index contributed by atoms with van der Waals surface area (Å²) >= 11 is 0. The Morgan fingerprint density at radius 1 is 1.14 bits per heavy atom. The monoisotopic (exact) mass is 418 g/mol. The van der Waals surface area contributed by atoms with Crippen molar-refractivity contribution in [2.75, 3.05) is 6.54 Å². The van der Waals surface area contributed by atoms with Crippen LogP contribution in [0.4, 0.5) is 0 Å². The highest BCUT2D eigenvalue weighted by Crippen LogP contribution is 2.17. The lowest BCUT2D eigenvalue weighted by atomic mass is 10.1. The number of nitrogens with zero attached hydrogens (tertiary/aromatic N) is 2. The highest BCUT2D eigenvalue weighted by atomic mass is 35.5. The molecule has 0 radical (unpaired) electrons. The number of guanidine groups is 1. The van der Waals surface area contributed by atoms with Crippen molar-refractivity contribution in [1.82, 2.24) is 20.6 Å². The summed E-state index contributed by atoms with van der Waals surface area (Å²) in [5, 5.41) is 5.93. The summed E-state index contributed by atoms with van der Waals surface area (Å²) in [5.74, 6) is 0.153. The van der Waals surface area contributed by atoms with Crippen LogP contribution in [-0.4, -0.2) is 28.4 Å². The van der Waals surface area contributed by atoms with E-state index in [0.717, 1.165) is 22.2 Å². The maximum atomic E-state index is 12.2. The van der Waals surface area contributed by atoms with Gasteiger partial charge >= 0.3 is 0 Å². The van der Waals surface area contributed by atoms with E-state index in [1.807, 2.05) is 48.5 Å². The predicted octanol–water partition coefficient (Wildman–Crippen LogP) is 2.52. The van der Waals surface area contributed by atoms with Gasteiger partial charge in [-0.15, -0.1) is 24.8 Å². The van der Waals surface area contributed by atoms with Crippen LogP contribution in [0.5, 0.6) is 0 Å². The Morgan fingerprint density at radius 3 is 2.68 bits per heavy atom. The number of carbonyl (C=O) groups excluding carboxylic acids is 1. The number of aromatic nitrogens is 2. The first kappa shape index (κ1) is 21.4. The minimum absolute atomic E-state index is 0. The average molecular weight is 419 g/mol. The van der Waals surface area contributed by atoms with Crippen LogP contribution >= 0.6 is 24.8 Å². The largest absolute Gasteiger partial charge is 0.348 e. The SMILES string of the molecule is Cl.Cl.NC[C@@H](NC1=N/C(=C\c2ccc3[nH]cnc3c2)C(=O)N1)c1ccccc1. The number of benzene rings is 2. The van der Waals surface area contributed by atoms with Gasteiger partial charge in [-0.2, -0.15) is 0 Å². The van der Waals surface area contributed by atoms with E-state index in [2.05, 4.69) is 25.6 Å². The third-order valence-corrected chi connectivity index (χ3v) is 4.19. The number of imidazole rings is 1. The first-order chi connectivity index (χ1) is 12.7. The van der Waals surface area contributed by atoms with Crippen molar-refractivity contribution >= 4 is 53.8 Å². The molecule has 0 saturated carbocycles. The second-order valence-corrected chi connectivity index (χ2v) is 5.97. The van der Waals surface area contributed by atoms with Crippen molar-refractivity contribution in [2.45, 2.75) is 6.04 Å². The molecule has 2 aromatic carbocycles. The van der Waals surface area contributed by atoms with E-state index >= 15 is 0 Å². The van der Waals surface area contributed by atoms with Crippen molar-refractivity contribution in [3.05, 3.63) is 71.7 Å². The molecule has 9 heteroatoms. The Balaban J connectivity index is 0.00000140. The Bertz CT molecular complexity index is 1020. The minimum atomic E-state index is -0.251. The van der Waals surface area contributed by atoms with Crippen LogP contribution in [0.2, 0.25) is 0 Å². The number of nitrogens with one attached hydrogen (secondary N) is 3. The molecule has 0 fully saturated rings. The quantitative estimate of drug-likeness (QED) is 0.488. The molecular formula is C19H20Cl2N6O. The van der Waals surface area contributed by atoms with E-state index in [1.54, 1.807) is 12.4 Å². The number of hydrogen-bond acceptors (Lipinski definition) is 5. The number of carbonyl (C=O) groups is 1. The zero-order valence-electron chi connectivity index (χ0n) is 14.8. The number of nitrogens with two attached hydrogens (primary N) is 1. The lowest BCUT2D eigenvalue weighted by Gasteiger charge is -2.17. The van der Waals surface area contributed by atoms with Gasteiger partial charge in [0.05, 0.1) is 23.4 Å². The third kappa shape index (κ3) is 4.51. The average Bonchev–Trinajstić information content (AvgIpc) is 3.26. The molecule has 1 amide bonds. The van der Waals surface area contributed by atoms with Crippen LogP contribution in [0, 0.1) is 0 Å². The fourth-order valence-corrected chi connectivity index (χ4v) is 2.86. The van der Waals surface area contributed by atoms with E-state index in [0.29, 0.717) is 18.2 Å². The van der Waals surface area contributed by atoms with Crippen molar-refractivity contribution < 1.29 is 4.79 Å². The first-order valence-electron chi connectivity index (χ1n) is 8.29. The maximum absolute atomic E-state index is 12.2. The second kappa shape index (κ2) is 9.36. The van der Waals surface area contributed by atoms with Crippen LogP contribution in [0.3, 0.4) is 0 Å². The first-order valence-corrected chi connectivity index (χ1v) is 8.29. The van der Waals surface area contributed by atoms with Crippen LogP contribution < -0.4 is 16.4 Å². The minimum Gasteiger partial charge on any atom is -0.348 e. The van der Waals surface area contributed by atoms with E-state index in [9.17, 15) is 4.79 Å². The van der Waals surface area contributed by atoms with Gasteiger partial charge in [0.2, 0.25) is 5.96 Å². The van der Waals surface area contributed by atoms with Gasteiger partial charge in [0.1, 0.15) is 5.70 Å². The molecule has 4 rings (SSSR count). The van der Waals surface area contributed by atoms with Gasteiger partial charge in [-0.05, 0) is 29.3 Å². The normalized spacial score (nSPS) is 15.4. The van der Waals surface area contributed by atoms with Gasteiger partial charge in [0.15, 0.2) is 0 Å². The molecular weight excluding hydrogens is 399 g/mol.